The molecule has 2 rings (SSSR count). The van der Waals surface area contributed by atoms with Crippen molar-refractivity contribution in [3.63, 3.8) is 0 Å². The summed E-state index contributed by atoms with van der Waals surface area (Å²) in [6.45, 7) is 1.84. The lowest BCUT2D eigenvalue weighted by Crippen LogP contribution is -1.96. The van der Waals surface area contributed by atoms with Gasteiger partial charge in [-0.3, -0.25) is 4.68 Å². The Kier molecular flexibility index (Phi) is 2.71. The van der Waals surface area contributed by atoms with E-state index in [2.05, 4.69) is 21.0 Å². The fourth-order valence-electron chi connectivity index (χ4n) is 1.46. The first kappa shape index (κ1) is 11.1. The first-order chi connectivity index (χ1) is 7.49. The fraction of sp³-hybridized carbons (Fsp3) is 0.182. The minimum atomic E-state index is -0.293. The Morgan fingerprint density at radius 1 is 1.38 bits per heavy atom. The van der Waals surface area contributed by atoms with Gasteiger partial charge in [0.2, 0.25) is 0 Å². The van der Waals surface area contributed by atoms with Crippen LogP contribution in [0.2, 0.25) is 0 Å². The molecule has 0 unspecified atom stereocenters. The molecule has 16 heavy (non-hydrogen) atoms. The average Bonchev–Trinajstić information content (AvgIpc) is 2.53. The van der Waals surface area contributed by atoms with Crippen LogP contribution in [0.25, 0.3) is 11.3 Å². The summed E-state index contributed by atoms with van der Waals surface area (Å²) in [7, 11) is 1.72. The van der Waals surface area contributed by atoms with Crippen LogP contribution in [0.4, 0.5) is 10.2 Å². The van der Waals surface area contributed by atoms with Crippen molar-refractivity contribution in [2.75, 3.05) is 5.73 Å². The molecule has 0 radical (unpaired) electrons. The number of benzene rings is 1. The van der Waals surface area contributed by atoms with Gasteiger partial charge in [0, 0.05) is 23.2 Å². The predicted molar refractivity (Wildman–Crippen MR) is 65.5 cm³/mol. The van der Waals surface area contributed by atoms with Crippen molar-refractivity contribution in [3.05, 3.63) is 34.1 Å². The van der Waals surface area contributed by atoms with Crippen LogP contribution < -0.4 is 5.73 Å². The van der Waals surface area contributed by atoms with Crippen molar-refractivity contribution in [2.45, 2.75) is 6.92 Å². The van der Waals surface area contributed by atoms with E-state index in [1.165, 1.54) is 10.7 Å². The van der Waals surface area contributed by atoms with Crippen LogP contribution in [0.3, 0.4) is 0 Å². The zero-order chi connectivity index (χ0) is 11.9. The quantitative estimate of drug-likeness (QED) is 0.875. The van der Waals surface area contributed by atoms with Gasteiger partial charge in [0.25, 0.3) is 0 Å². The highest BCUT2D eigenvalue weighted by Gasteiger charge is 2.11. The average molecular weight is 284 g/mol. The van der Waals surface area contributed by atoms with E-state index in [9.17, 15) is 4.39 Å². The fourth-order valence-corrected chi connectivity index (χ4v) is 1.80. The lowest BCUT2D eigenvalue weighted by atomic mass is 10.1. The summed E-state index contributed by atoms with van der Waals surface area (Å²) in [5.74, 6) is 0.213. The Morgan fingerprint density at radius 2 is 2.06 bits per heavy atom. The Bertz CT molecular complexity index is 529. The van der Waals surface area contributed by atoms with Gasteiger partial charge in [0.05, 0.1) is 5.69 Å². The Balaban J connectivity index is 2.60. The molecule has 0 aliphatic rings. The summed E-state index contributed by atoms with van der Waals surface area (Å²) in [5.41, 5.74) is 7.50. The molecule has 0 saturated heterocycles. The van der Waals surface area contributed by atoms with Crippen molar-refractivity contribution >= 4 is 21.7 Å². The molecule has 0 aliphatic heterocycles. The molecule has 2 aromatic rings. The molecule has 2 N–H and O–H groups in total. The van der Waals surface area contributed by atoms with Crippen LogP contribution in [0.1, 0.15) is 5.56 Å². The number of aryl methyl sites for hydroxylation is 2. The number of hydrogen-bond acceptors (Lipinski definition) is 2. The van der Waals surface area contributed by atoms with Gasteiger partial charge in [-0.15, -0.1) is 0 Å². The van der Waals surface area contributed by atoms with E-state index in [0.29, 0.717) is 17.1 Å². The maximum absolute atomic E-state index is 13.7. The number of anilines is 1. The first-order valence-corrected chi connectivity index (χ1v) is 5.54. The molecule has 1 aromatic carbocycles. The number of nitrogens with two attached hydrogens (primary N) is 1. The van der Waals surface area contributed by atoms with Crippen LogP contribution in [-0.4, -0.2) is 9.78 Å². The summed E-state index contributed by atoms with van der Waals surface area (Å²) in [6, 6.07) is 4.84. The molecule has 3 nitrogen and oxygen atoms in total. The van der Waals surface area contributed by atoms with Gasteiger partial charge >= 0.3 is 0 Å². The van der Waals surface area contributed by atoms with Gasteiger partial charge in [-0.1, -0.05) is 15.9 Å². The van der Waals surface area contributed by atoms with E-state index >= 15 is 0 Å². The normalized spacial score (nSPS) is 10.8. The number of hydrogen-bond donors (Lipinski definition) is 1. The van der Waals surface area contributed by atoms with E-state index in [1.807, 2.05) is 6.92 Å². The van der Waals surface area contributed by atoms with Crippen molar-refractivity contribution in [1.29, 1.82) is 0 Å². The topological polar surface area (TPSA) is 43.8 Å². The van der Waals surface area contributed by atoms with E-state index < -0.39 is 0 Å². The van der Waals surface area contributed by atoms with Gasteiger partial charge in [-0.25, -0.2) is 4.39 Å². The minimum Gasteiger partial charge on any atom is -0.384 e. The molecule has 1 aromatic heterocycles. The SMILES string of the molecule is Cc1cc(F)c(-c2cc(N)n(C)n2)cc1Br. The Labute approximate surface area is 101 Å². The van der Waals surface area contributed by atoms with Gasteiger partial charge in [-0.05, 0) is 24.6 Å². The second-order valence-corrected chi connectivity index (χ2v) is 4.51. The highest BCUT2D eigenvalue weighted by Crippen LogP contribution is 2.28. The second-order valence-electron chi connectivity index (χ2n) is 3.66. The molecule has 0 aliphatic carbocycles. The molecular formula is C11H11BrFN3. The summed E-state index contributed by atoms with van der Waals surface area (Å²) in [4.78, 5) is 0. The number of nitrogen functional groups attached to an aromatic ring is 1. The van der Waals surface area contributed by atoms with E-state index in [0.717, 1.165) is 10.0 Å². The molecule has 5 heteroatoms. The van der Waals surface area contributed by atoms with Gasteiger partial charge < -0.3 is 5.73 Å². The smallest absolute Gasteiger partial charge is 0.133 e. The predicted octanol–water partition coefficient (Wildman–Crippen LogP) is 2.88. The van der Waals surface area contributed by atoms with Crippen molar-refractivity contribution in [1.82, 2.24) is 9.78 Å². The molecule has 84 valence electrons. The zero-order valence-electron chi connectivity index (χ0n) is 8.96. The third-order valence-corrected chi connectivity index (χ3v) is 3.29. The van der Waals surface area contributed by atoms with Crippen LogP contribution in [0.5, 0.6) is 0 Å². The van der Waals surface area contributed by atoms with Crippen molar-refractivity contribution in [2.24, 2.45) is 7.05 Å². The first-order valence-electron chi connectivity index (χ1n) is 4.74. The van der Waals surface area contributed by atoms with Crippen molar-refractivity contribution < 1.29 is 4.39 Å². The summed E-state index contributed by atoms with van der Waals surface area (Å²) in [5, 5.41) is 4.14. The molecule has 1 heterocycles. The van der Waals surface area contributed by atoms with Crippen LogP contribution in [0, 0.1) is 12.7 Å². The van der Waals surface area contributed by atoms with Crippen LogP contribution in [0.15, 0.2) is 22.7 Å². The van der Waals surface area contributed by atoms with Gasteiger partial charge in [0.1, 0.15) is 11.6 Å². The summed E-state index contributed by atoms with van der Waals surface area (Å²) < 4.78 is 16.1. The molecule has 0 fully saturated rings. The molecular weight excluding hydrogens is 273 g/mol. The molecule has 0 spiro atoms. The maximum atomic E-state index is 13.7. The summed E-state index contributed by atoms with van der Waals surface area (Å²) in [6.07, 6.45) is 0. The molecule has 0 bridgehead atoms. The minimum absolute atomic E-state index is 0.293. The highest BCUT2D eigenvalue weighted by molar-refractivity contribution is 9.10. The molecule has 0 amide bonds. The van der Waals surface area contributed by atoms with Crippen LogP contribution >= 0.6 is 15.9 Å². The van der Waals surface area contributed by atoms with Crippen molar-refractivity contribution in [3.8, 4) is 11.3 Å². The second kappa shape index (κ2) is 3.90. The Morgan fingerprint density at radius 3 is 2.62 bits per heavy atom. The standard InChI is InChI=1S/C11H11BrFN3/c1-6-3-9(13)7(4-8(6)12)10-5-11(14)16(2)15-10/h3-5H,14H2,1-2H3. The zero-order valence-corrected chi connectivity index (χ0v) is 10.5. The number of aromatic nitrogens is 2. The third kappa shape index (κ3) is 1.82. The van der Waals surface area contributed by atoms with Gasteiger partial charge in [0.15, 0.2) is 0 Å². The number of rotatable bonds is 1. The molecule has 0 atom stereocenters. The number of halogens is 2. The Hall–Kier alpha value is -1.36. The van der Waals surface area contributed by atoms with Crippen LogP contribution in [-0.2, 0) is 7.05 Å². The summed E-state index contributed by atoms with van der Waals surface area (Å²) >= 11 is 3.37. The largest absolute Gasteiger partial charge is 0.384 e. The lowest BCUT2D eigenvalue weighted by molar-refractivity contribution is 0.628. The molecule has 0 saturated carbocycles. The van der Waals surface area contributed by atoms with Gasteiger partial charge in [-0.2, -0.15) is 5.10 Å². The lowest BCUT2D eigenvalue weighted by Gasteiger charge is -2.03. The maximum Gasteiger partial charge on any atom is 0.133 e. The monoisotopic (exact) mass is 283 g/mol. The number of nitrogens with zero attached hydrogens (tertiary/aromatic N) is 2. The highest BCUT2D eigenvalue weighted by atomic mass is 79.9. The van der Waals surface area contributed by atoms with E-state index in [4.69, 9.17) is 5.73 Å². The van der Waals surface area contributed by atoms with E-state index in [1.54, 1.807) is 19.2 Å². The van der Waals surface area contributed by atoms with E-state index in [-0.39, 0.29) is 5.82 Å². The third-order valence-electron chi connectivity index (χ3n) is 2.44.